The van der Waals surface area contributed by atoms with E-state index in [4.69, 9.17) is 16.6 Å². The summed E-state index contributed by atoms with van der Waals surface area (Å²) in [5, 5.41) is 15.9. The highest BCUT2D eigenvalue weighted by molar-refractivity contribution is 5.94. The maximum absolute atomic E-state index is 12.7. The number of hydrogen-bond acceptors (Lipinski definition) is 6. The van der Waals surface area contributed by atoms with Gasteiger partial charge in [0, 0.05) is 6.42 Å². The van der Waals surface area contributed by atoms with Crippen molar-refractivity contribution in [3.05, 3.63) is 0 Å². The normalized spacial score (nSPS) is 14.0. The van der Waals surface area contributed by atoms with E-state index in [-0.39, 0.29) is 24.7 Å². The number of amides is 4. The molecule has 8 N–H and O–H groups in total. The molecule has 0 spiro atoms. The molecule has 0 aromatic rings. The molecule has 0 aliphatic rings. The summed E-state index contributed by atoms with van der Waals surface area (Å²) >= 11 is 0. The Kier molecular flexibility index (Phi) is 11.5. The first-order valence-corrected chi connectivity index (χ1v) is 9.49. The number of primary amides is 1. The van der Waals surface area contributed by atoms with Crippen LogP contribution in [0.25, 0.3) is 0 Å². The zero-order chi connectivity index (χ0) is 22.7. The van der Waals surface area contributed by atoms with Gasteiger partial charge in [0.05, 0.1) is 6.04 Å². The lowest BCUT2D eigenvalue weighted by Gasteiger charge is -2.26. The highest BCUT2D eigenvalue weighted by Gasteiger charge is 2.30. The summed E-state index contributed by atoms with van der Waals surface area (Å²) in [5.41, 5.74) is 10.9. The highest BCUT2D eigenvalue weighted by Crippen LogP contribution is 2.07. The van der Waals surface area contributed by atoms with Gasteiger partial charge in [0.15, 0.2) is 0 Å². The van der Waals surface area contributed by atoms with Gasteiger partial charge >= 0.3 is 5.97 Å². The summed E-state index contributed by atoms with van der Waals surface area (Å²) in [6.45, 7) is 6.61. The van der Waals surface area contributed by atoms with Crippen LogP contribution in [0.2, 0.25) is 0 Å². The van der Waals surface area contributed by atoms with Crippen molar-refractivity contribution < 1.29 is 29.1 Å². The number of rotatable bonds is 13. The van der Waals surface area contributed by atoms with E-state index in [9.17, 15) is 24.0 Å². The Hall–Kier alpha value is -2.69. The van der Waals surface area contributed by atoms with Crippen LogP contribution in [0.4, 0.5) is 0 Å². The number of nitrogens with one attached hydrogen (secondary N) is 3. The second-order valence-electron chi connectivity index (χ2n) is 7.64. The Morgan fingerprint density at radius 2 is 1.52 bits per heavy atom. The molecule has 0 aliphatic carbocycles. The Labute approximate surface area is 170 Å². The molecule has 4 amide bonds. The van der Waals surface area contributed by atoms with Gasteiger partial charge in [-0.05, 0) is 24.7 Å². The maximum atomic E-state index is 12.7. The van der Waals surface area contributed by atoms with Gasteiger partial charge in [-0.2, -0.15) is 0 Å². The molecule has 11 nitrogen and oxygen atoms in total. The summed E-state index contributed by atoms with van der Waals surface area (Å²) in [6, 6.07) is -2.94. The van der Waals surface area contributed by atoms with E-state index in [1.807, 2.05) is 13.8 Å². The van der Waals surface area contributed by atoms with E-state index in [0.29, 0.717) is 6.42 Å². The molecule has 3 unspecified atom stereocenters. The summed E-state index contributed by atoms with van der Waals surface area (Å²) in [4.78, 5) is 58.8. The number of carbonyl (C=O) groups is 5. The zero-order valence-corrected chi connectivity index (χ0v) is 17.4. The van der Waals surface area contributed by atoms with Crippen LogP contribution in [-0.4, -0.2) is 59.4 Å². The molecule has 0 rings (SSSR count). The van der Waals surface area contributed by atoms with Crippen LogP contribution in [0.5, 0.6) is 0 Å². The molecular formula is C18H33N5O6. The fourth-order valence-corrected chi connectivity index (χ4v) is 2.51. The van der Waals surface area contributed by atoms with Gasteiger partial charge in [-0.25, -0.2) is 0 Å². The van der Waals surface area contributed by atoms with Gasteiger partial charge in [-0.15, -0.1) is 0 Å². The summed E-state index contributed by atoms with van der Waals surface area (Å²) in [7, 11) is 0. The zero-order valence-electron chi connectivity index (χ0n) is 17.4. The number of aliphatic carboxylic acids is 1. The predicted molar refractivity (Wildman–Crippen MR) is 105 cm³/mol. The molecule has 0 bridgehead atoms. The van der Waals surface area contributed by atoms with Crippen LogP contribution >= 0.6 is 0 Å². The van der Waals surface area contributed by atoms with Gasteiger partial charge < -0.3 is 32.5 Å². The number of carboxylic acids is 1. The lowest BCUT2D eigenvalue weighted by molar-refractivity contribution is -0.139. The molecule has 29 heavy (non-hydrogen) atoms. The lowest BCUT2D eigenvalue weighted by atomic mass is 10.00. The average Bonchev–Trinajstić information content (AvgIpc) is 2.59. The third kappa shape index (κ3) is 11.0. The molecule has 3 atom stereocenters. The molecular weight excluding hydrogens is 382 g/mol. The predicted octanol–water partition coefficient (Wildman–Crippen LogP) is -1.55. The minimum atomic E-state index is -1.26. The van der Waals surface area contributed by atoms with Crippen molar-refractivity contribution in [2.24, 2.45) is 23.3 Å². The van der Waals surface area contributed by atoms with Crippen LogP contribution in [0, 0.1) is 11.8 Å². The number of carbonyl (C=O) groups excluding carboxylic acids is 4. The van der Waals surface area contributed by atoms with Crippen molar-refractivity contribution >= 4 is 29.6 Å². The fourth-order valence-electron chi connectivity index (χ4n) is 2.51. The van der Waals surface area contributed by atoms with Gasteiger partial charge in [0.2, 0.25) is 23.6 Å². The second kappa shape index (κ2) is 12.7. The maximum Gasteiger partial charge on any atom is 0.322 e. The number of nitrogens with two attached hydrogens (primary N) is 2. The van der Waals surface area contributed by atoms with Crippen molar-refractivity contribution in [1.29, 1.82) is 0 Å². The SMILES string of the molecule is CC(C)CC(N)C(=O)NC(C(=O)NC(CCC(N)=O)C(=O)NCC(=O)O)C(C)C. The molecule has 11 heteroatoms. The molecule has 0 saturated heterocycles. The molecule has 0 fully saturated rings. The van der Waals surface area contributed by atoms with E-state index >= 15 is 0 Å². The topological polar surface area (TPSA) is 194 Å². The van der Waals surface area contributed by atoms with Gasteiger partial charge in [-0.1, -0.05) is 27.7 Å². The first-order chi connectivity index (χ1) is 13.3. The number of carboxylic acid groups (broad SMARTS) is 1. The Bertz CT molecular complexity index is 608. The molecule has 166 valence electrons. The lowest BCUT2D eigenvalue weighted by Crippen LogP contribution is -2.57. The van der Waals surface area contributed by atoms with Crippen LogP contribution in [0.15, 0.2) is 0 Å². The summed E-state index contributed by atoms with van der Waals surface area (Å²) in [6.07, 6.45) is 0.138. The molecule has 0 aromatic heterocycles. The van der Waals surface area contributed by atoms with E-state index in [1.54, 1.807) is 13.8 Å². The highest BCUT2D eigenvalue weighted by atomic mass is 16.4. The first-order valence-electron chi connectivity index (χ1n) is 9.49. The third-order valence-corrected chi connectivity index (χ3v) is 4.04. The van der Waals surface area contributed by atoms with E-state index in [2.05, 4.69) is 16.0 Å². The fraction of sp³-hybridized carbons (Fsp3) is 0.722. The Morgan fingerprint density at radius 1 is 0.931 bits per heavy atom. The van der Waals surface area contributed by atoms with Crippen LogP contribution < -0.4 is 27.4 Å². The van der Waals surface area contributed by atoms with Crippen molar-refractivity contribution in [3.63, 3.8) is 0 Å². The molecule has 0 radical (unpaired) electrons. The van der Waals surface area contributed by atoms with Crippen LogP contribution in [0.1, 0.15) is 47.0 Å². The van der Waals surface area contributed by atoms with Crippen molar-refractivity contribution in [2.75, 3.05) is 6.54 Å². The van der Waals surface area contributed by atoms with Crippen LogP contribution in [-0.2, 0) is 24.0 Å². The minimum Gasteiger partial charge on any atom is -0.480 e. The Morgan fingerprint density at radius 3 is 1.97 bits per heavy atom. The van der Waals surface area contributed by atoms with E-state index in [0.717, 1.165) is 0 Å². The van der Waals surface area contributed by atoms with Crippen LogP contribution in [0.3, 0.4) is 0 Å². The monoisotopic (exact) mass is 415 g/mol. The quantitative estimate of drug-likeness (QED) is 0.209. The minimum absolute atomic E-state index is 0.113. The van der Waals surface area contributed by atoms with Gasteiger partial charge in [0.1, 0.15) is 18.6 Å². The third-order valence-electron chi connectivity index (χ3n) is 4.04. The van der Waals surface area contributed by atoms with Gasteiger partial charge in [0.25, 0.3) is 0 Å². The van der Waals surface area contributed by atoms with E-state index < -0.39 is 54.3 Å². The molecule has 0 aromatic carbocycles. The Balaban J connectivity index is 5.20. The average molecular weight is 415 g/mol. The van der Waals surface area contributed by atoms with Crippen molar-refractivity contribution in [2.45, 2.75) is 65.1 Å². The standard InChI is InChI=1S/C18H33N5O6/c1-9(2)7-11(19)16(27)23-15(10(3)4)18(29)22-12(5-6-13(20)24)17(28)21-8-14(25)26/h9-12,15H,5-8,19H2,1-4H3,(H2,20,24)(H,21,28)(H,22,29)(H,23,27)(H,25,26). The van der Waals surface area contributed by atoms with Crippen molar-refractivity contribution in [1.82, 2.24) is 16.0 Å². The first kappa shape index (κ1) is 26.3. The second-order valence-corrected chi connectivity index (χ2v) is 7.64. The molecule has 0 aliphatic heterocycles. The molecule has 0 heterocycles. The van der Waals surface area contributed by atoms with E-state index in [1.165, 1.54) is 0 Å². The summed E-state index contributed by atoms with van der Waals surface area (Å²) < 4.78 is 0. The smallest absolute Gasteiger partial charge is 0.322 e. The summed E-state index contributed by atoms with van der Waals surface area (Å²) in [5.74, 6) is -3.97. The van der Waals surface area contributed by atoms with Crippen molar-refractivity contribution in [3.8, 4) is 0 Å². The van der Waals surface area contributed by atoms with Gasteiger partial charge in [-0.3, -0.25) is 24.0 Å². The molecule has 0 saturated carbocycles. The largest absolute Gasteiger partial charge is 0.480 e. The number of hydrogen-bond donors (Lipinski definition) is 6.